The second-order valence-electron chi connectivity index (χ2n) is 6.90. The Labute approximate surface area is 139 Å². The van der Waals surface area contributed by atoms with E-state index in [1.807, 2.05) is 31.2 Å². The van der Waals surface area contributed by atoms with E-state index in [4.69, 9.17) is 4.74 Å². The van der Waals surface area contributed by atoms with E-state index in [2.05, 4.69) is 4.72 Å². The van der Waals surface area contributed by atoms with Crippen molar-refractivity contribution in [3.05, 3.63) is 29.8 Å². The number of ether oxygens (including phenoxy) is 1. The van der Waals surface area contributed by atoms with E-state index >= 15 is 0 Å². The molecule has 1 atom stereocenters. The van der Waals surface area contributed by atoms with Crippen molar-refractivity contribution in [1.82, 2.24) is 9.03 Å². The first kappa shape index (κ1) is 16.7. The molecule has 1 unspecified atom stereocenters. The van der Waals surface area contributed by atoms with Crippen molar-refractivity contribution in [3.8, 4) is 5.75 Å². The third-order valence-electron chi connectivity index (χ3n) is 5.38. The minimum atomic E-state index is -3.44. The highest BCUT2D eigenvalue weighted by Gasteiger charge is 2.47. The lowest BCUT2D eigenvalue weighted by Gasteiger charge is -2.26. The van der Waals surface area contributed by atoms with E-state index < -0.39 is 10.2 Å². The van der Waals surface area contributed by atoms with Gasteiger partial charge in [0.15, 0.2) is 0 Å². The molecule has 5 nitrogen and oxygen atoms in total. The molecular weight excluding hydrogens is 312 g/mol. The summed E-state index contributed by atoms with van der Waals surface area (Å²) >= 11 is 0. The van der Waals surface area contributed by atoms with Crippen molar-refractivity contribution in [3.63, 3.8) is 0 Å². The summed E-state index contributed by atoms with van der Waals surface area (Å²) in [5.74, 6) is 1.35. The summed E-state index contributed by atoms with van der Waals surface area (Å²) in [4.78, 5) is 0. The van der Waals surface area contributed by atoms with Gasteiger partial charge in [-0.3, -0.25) is 0 Å². The highest BCUT2D eigenvalue weighted by Crippen LogP contribution is 2.50. The van der Waals surface area contributed by atoms with Gasteiger partial charge in [0.2, 0.25) is 0 Å². The van der Waals surface area contributed by atoms with Crippen LogP contribution in [0.4, 0.5) is 0 Å². The van der Waals surface area contributed by atoms with Gasteiger partial charge in [-0.15, -0.1) is 0 Å². The summed E-state index contributed by atoms with van der Waals surface area (Å²) in [7, 11) is -0.111. The number of nitrogens with one attached hydrogen (secondary N) is 1. The van der Waals surface area contributed by atoms with E-state index in [9.17, 15) is 8.42 Å². The first-order valence-electron chi connectivity index (χ1n) is 8.26. The number of benzene rings is 1. The molecule has 0 saturated heterocycles. The smallest absolute Gasteiger partial charge is 0.279 e. The lowest BCUT2D eigenvalue weighted by molar-refractivity contribution is 0.350. The largest absolute Gasteiger partial charge is 0.496 e. The predicted octanol–water partition coefficient (Wildman–Crippen LogP) is 2.29. The van der Waals surface area contributed by atoms with Crippen LogP contribution in [0.1, 0.15) is 38.2 Å². The SMILES string of the molecule is COc1ccccc1C1(CNS(=O)(=O)N(C)C(C)C2CC2)CC1. The summed E-state index contributed by atoms with van der Waals surface area (Å²) in [5, 5.41) is 0. The Balaban J connectivity index is 1.69. The van der Waals surface area contributed by atoms with E-state index in [0.717, 1.165) is 37.0 Å². The Bertz CT molecular complexity index is 666. The first-order valence-corrected chi connectivity index (χ1v) is 9.70. The zero-order chi connectivity index (χ0) is 16.7. The third kappa shape index (κ3) is 3.39. The number of hydrogen-bond donors (Lipinski definition) is 1. The second kappa shape index (κ2) is 6.07. The van der Waals surface area contributed by atoms with Crippen LogP contribution in [0, 0.1) is 5.92 Å². The molecule has 128 valence electrons. The van der Waals surface area contributed by atoms with E-state index in [0.29, 0.717) is 12.5 Å². The molecule has 6 heteroatoms. The second-order valence-corrected chi connectivity index (χ2v) is 8.72. The fourth-order valence-corrected chi connectivity index (χ4v) is 4.47. The van der Waals surface area contributed by atoms with Gasteiger partial charge in [-0.1, -0.05) is 18.2 Å². The molecule has 1 aromatic carbocycles. The van der Waals surface area contributed by atoms with Gasteiger partial charge in [-0.05, 0) is 44.6 Å². The van der Waals surface area contributed by atoms with Gasteiger partial charge in [-0.2, -0.15) is 12.7 Å². The molecule has 0 aliphatic heterocycles. The molecular formula is C17H26N2O3S. The summed E-state index contributed by atoms with van der Waals surface area (Å²) in [6.45, 7) is 2.42. The third-order valence-corrected chi connectivity index (χ3v) is 6.98. The van der Waals surface area contributed by atoms with Gasteiger partial charge in [0.25, 0.3) is 10.2 Å². The van der Waals surface area contributed by atoms with Crippen LogP contribution < -0.4 is 9.46 Å². The summed E-state index contributed by atoms with van der Waals surface area (Å²) in [6, 6.07) is 7.96. The topological polar surface area (TPSA) is 58.6 Å². The van der Waals surface area contributed by atoms with Crippen molar-refractivity contribution in [2.24, 2.45) is 5.92 Å². The maximum atomic E-state index is 12.5. The predicted molar refractivity (Wildman–Crippen MR) is 90.8 cm³/mol. The van der Waals surface area contributed by atoms with Crippen LogP contribution in [0.2, 0.25) is 0 Å². The molecule has 2 fully saturated rings. The fraction of sp³-hybridized carbons (Fsp3) is 0.647. The highest BCUT2D eigenvalue weighted by molar-refractivity contribution is 7.87. The van der Waals surface area contributed by atoms with Crippen LogP contribution in [0.15, 0.2) is 24.3 Å². The Morgan fingerprint density at radius 3 is 2.57 bits per heavy atom. The van der Waals surface area contributed by atoms with Crippen molar-refractivity contribution in [2.75, 3.05) is 20.7 Å². The Kier molecular flexibility index (Phi) is 4.42. The van der Waals surface area contributed by atoms with Crippen LogP contribution in [0.5, 0.6) is 5.75 Å². The summed E-state index contributed by atoms with van der Waals surface area (Å²) < 4.78 is 34.8. The van der Waals surface area contributed by atoms with Gasteiger partial charge in [-0.25, -0.2) is 4.72 Å². The van der Waals surface area contributed by atoms with Crippen molar-refractivity contribution < 1.29 is 13.2 Å². The van der Waals surface area contributed by atoms with Crippen LogP contribution in [-0.4, -0.2) is 39.5 Å². The average molecular weight is 338 g/mol. The van der Waals surface area contributed by atoms with Gasteiger partial charge in [0.1, 0.15) is 5.75 Å². The lowest BCUT2D eigenvalue weighted by atomic mass is 9.95. The summed E-state index contributed by atoms with van der Waals surface area (Å²) in [5.41, 5.74) is 0.978. The Morgan fingerprint density at radius 1 is 1.35 bits per heavy atom. The van der Waals surface area contributed by atoms with Gasteiger partial charge >= 0.3 is 0 Å². The van der Waals surface area contributed by atoms with Crippen LogP contribution in [0.25, 0.3) is 0 Å². The number of nitrogens with zero attached hydrogens (tertiary/aromatic N) is 1. The molecule has 2 aliphatic rings. The standard InChI is InChI=1S/C17H26N2O3S/c1-13(14-8-9-14)19(2)23(20,21)18-12-17(10-11-17)15-6-4-5-7-16(15)22-3/h4-7,13-14,18H,8-12H2,1-3H3. The van der Waals surface area contributed by atoms with E-state index in [-0.39, 0.29) is 11.5 Å². The Hall–Kier alpha value is -1.11. The molecule has 0 spiro atoms. The molecule has 1 N–H and O–H groups in total. The number of hydrogen-bond acceptors (Lipinski definition) is 3. The summed E-state index contributed by atoms with van der Waals surface area (Å²) in [6.07, 6.45) is 4.23. The molecule has 0 amide bonds. The molecule has 2 saturated carbocycles. The van der Waals surface area contributed by atoms with Gasteiger partial charge in [0, 0.05) is 30.6 Å². The fourth-order valence-electron chi connectivity index (χ4n) is 3.20. The molecule has 3 rings (SSSR count). The highest BCUT2D eigenvalue weighted by atomic mass is 32.2. The minimum Gasteiger partial charge on any atom is -0.496 e. The minimum absolute atomic E-state index is 0.0638. The normalized spacial score (nSPS) is 21.2. The number of rotatable bonds is 8. The van der Waals surface area contributed by atoms with Crippen LogP contribution >= 0.6 is 0 Å². The van der Waals surface area contributed by atoms with Gasteiger partial charge < -0.3 is 4.74 Å². The lowest BCUT2D eigenvalue weighted by Crippen LogP contribution is -2.46. The molecule has 0 bridgehead atoms. The maximum Gasteiger partial charge on any atom is 0.279 e. The number of para-hydroxylation sites is 1. The van der Waals surface area contributed by atoms with Crippen molar-refractivity contribution in [2.45, 2.75) is 44.1 Å². The molecule has 2 aliphatic carbocycles. The molecule has 0 radical (unpaired) electrons. The average Bonchev–Trinajstić information content (AvgIpc) is 3.46. The molecule has 0 aromatic heterocycles. The zero-order valence-electron chi connectivity index (χ0n) is 14.1. The van der Waals surface area contributed by atoms with Crippen LogP contribution in [0.3, 0.4) is 0 Å². The Morgan fingerprint density at radius 2 is 2.00 bits per heavy atom. The van der Waals surface area contributed by atoms with Crippen molar-refractivity contribution >= 4 is 10.2 Å². The monoisotopic (exact) mass is 338 g/mol. The quantitative estimate of drug-likeness (QED) is 0.791. The molecule has 0 heterocycles. The van der Waals surface area contributed by atoms with Crippen LogP contribution in [-0.2, 0) is 15.6 Å². The van der Waals surface area contributed by atoms with Crippen molar-refractivity contribution in [1.29, 1.82) is 0 Å². The number of methoxy groups -OCH3 is 1. The maximum absolute atomic E-state index is 12.5. The molecule has 23 heavy (non-hydrogen) atoms. The van der Waals surface area contributed by atoms with Gasteiger partial charge in [0.05, 0.1) is 7.11 Å². The zero-order valence-corrected chi connectivity index (χ0v) is 14.9. The first-order chi connectivity index (χ1) is 10.9. The molecule has 1 aromatic rings. The van der Waals surface area contributed by atoms with E-state index in [1.165, 1.54) is 4.31 Å². The van der Waals surface area contributed by atoms with E-state index in [1.54, 1.807) is 14.2 Å².